The summed E-state index contributed by atoms with van der Waals surface area (Å²) in [7, 11) is 1.65. The maximum atomic E-state index is 10.8. The molecule has 6 N–H and O–H groups in total. The molecule has 6 aromatic rings. The number of aliphatic hydroxyl groups excluding tert-OH is 2. The Labute approximate surface area is 349 Å². The number of aromatic hydroxyl groups is 2. The number of hydrogen-bond donors (Lipinski definition) is 6. The van der Waals surface area contributed by atoms with Crippen LogP contribution in [0.15, 0.2) is 141 Å². The van der Waals surface area contributed by atoms with E-state index in [1.54, 1.807) is 63.1 Å². The predicted octanol–water partition coefficient (Wildman–Crippen LogP) is 11.6. The maximum Gasteiger partial charge on any atom is 0.269 e. The third-order valence-corrected chi connectivity index (χ3v) is 11.2. The highest BCUT2D eigenvalue weighted by atomic mass is 35.5. The largest absolute Gasteiger partial charge is 0.505 e. The van der Waals surface area contributed by atoms with Gasteiger partial charge in [0.15, 0.2) is 0 Å². The summed E-state index contributed by atoms with van der Waals surface area (Å²) >= 11 is 15.4. The van der Waals surface area contributed by atoms with Crippen LogP contribution in [0.1, 0.15) is 48.3 Å². The molecule has 6 rings (SSSR count). The van der Waals surface area contributed by atoms with Crippen LogP contribution in [0.5, 0.6) is 17.2 Å². The van der Waals surface area contributed by atoms with Crippen molar-refractivity contribution in [3.63, 3.8) is 0 Å². The van der Waals surface area contributed by atoms with Gasteiger partial charge in [-0.25, -0.2) is 0 Å². The van der Waals surface area contributed by atoms with Crippen molar-refractivity contribution >= 4 is 63.8 Å². The van der Waals surface area contributed by atoms with Crippen molar-refractivity contribution in [3.8, 4) is 17.2 Å². The smallest absolute Gasteiger partial charge is 0.269 e. The summed E-state index contributed by atoms with van der Waals surface area (Å²) in [6.45, 7) is 4.08. The lowest BCUT2D eigenvalue weighted by Crippen LogP contribution is -2.03. The number of nitrogens with one attached hydrogen (secondary N) is 2. The first-order chi connectivity index (χ1) is 27.3. The van der Waals surface area contributed by atoms with Gasteiger partial charge in [-0.2, -0.15) is 0 Å². The first kappa shape index (κ1) is 43.1. The van der Waals surface area contributed by atoms with E-state index >= 15 is 0 Å². The van der Waals surface area contributed by atoms with E-state index < -0.39 is 17.1 Å². The summed E-state index contributed by atoms with van der Waals surface area (Å²) in [6, 6.07) is 36.5. The fourth-order valence-electron chi connectivity index (χ4n) is 5.56. The molecule has 0 amide bonds. The van der Waals surface area contributed by atoms with Crippen LogP contribution in [0.4, 0.5) is 17.1 Å². The maximum absolute atomic E-state index is 10.8. The number of nitrogens with zero attached hydrogens (tertiary/aromatic N) is 1. The zero-order valence-electron chi connectivity index (χ0n) is 31.1. The molecule has 0 heterocycles. The minimum Gasteiger partial charge on any atom is -0.505 e. The first-order valence-electron chi connectivity index (χ1n) is 17.6. The summed E-state index contributed by atoms with van der Waals surface area (Å²) in [6.07, 6.45) is -1.66. The zero-order chi connectivity index (χ0) is 41.1. The molecular formula is C43H41Cl2N3O7S2. The van der Waals surface area contributed by atoms with Crippen molar-refractivity contribution in [1.29, 1.82) is 0 Å². The van der Waals surface area contributed by atoms with E-state index in [1.807, 2.05) is 66.7 Å². The number of non-ortho nitro benzene ring substituents is 1. The lowest BCUT2D eigenvalue weighted by Gasteiger charge is -2.16. The van der Waals surface area contributed by atoms with Gasteiger partial charge in [0.25, 0.3) is 5.69 Å². The number of phenols is 2. The molecule has 57 heavy (non-hydrogen) atoms. The number of ether oxygens (including phenoxy) is 1. The van der Waals surface area contributed by atoms with Crippen LogP contribution in [0.25, 0.3) is 0 Å². The van der Waals surface area contributed by atoms with E-state index in [0.717, 1.165) is 36.5 Å². The summed E-state index contributed by atoms with van der Waals surface area (Å²) in [5.74, 6) is 0.800. The molecule has 0 fully saturated rings. The molecule has 0 aromatic heterocycles. The van der Waals surface area contributed by atoms with E-state index in [4.69, 9.17) is 27.9 Å². The van der Waals surface area contributed by atoms with Crippen molar-refractivity contribution < 1.29 is 30.1 Å². The Kier molecular flexibility index (Phi) is 15.4. The lowest BCUT2D eigenvalue weighted by atomic mass is 10.1. The molecule has 14 heteroatoms. The predicted molar refractivity (Wildman–Crippen MR) is 229 cm³/mol. The van der Waals surface area contributed by atoms with Crippen LogP contribution in [0, 0.1) is 10.1 Å². The average Bonchev–Trinajstić information content (AvgIpc) is 3.19. The van der Waals surface area contributed by atoms with Gasteiger partial charge in [0.2, 0.25) is 0 Å². The second-order valence-electron chi connectivity index (χ2n) is 12.7. The molecule has 0 saturated carbocycles. The molecule has 296 valence electrons. The topological polar surface area (TPSA) is 157 Å². The minimum atomic E-state index is -0.848. The average molecular weight is 847 g/mol. The van der Waals surface area contributed by atoms with Gasteiger partial charge in [0.05, 0.1) is 35.6 Å². The second-order valence-corrected chi connectivity index (χ2v) is 15.8. The van der Waals surface area contributed by atoms with Crippen LogP contribution in [0.2, 0.25) is 10.0 Å². The Morgan fingerprint density at radius 3 is 1.46 bits per heavy atom. The molecule has 6 aromatic carbocycles. The van der Waals surface area contributed by atoms with Gasteiger partial charge in [0.1, 0.15) is 17.2 Å². The molecule has 0 spiro atoms. The minimum absolute atomic E-state index is 0.0136. The standard InChI is InChI=1S/C22H22ClNO3S.C21H19ClN2O4S/c1-14(25)19-11-16(23)12-20(22(19)26)24-13-15-5-3-4-6-21(15)28-18-9-7-17(27-2)8-10-18;1-13(25)18-10-15(22)11-19(21(18)26)23-12-14-4-2-3-5-20(14)29-17-8-6-16(7-9-17)24(27)28/h3-12,14,24-26H,13H2,1-2H3;2-11,13,23,25-26H,12H2,1H3. The number of nitro groups is 1. The van der Waals surface area contributed by atoms with Gasteiger partial charge in [0, 0.05) is 66.0 Å². The third-order valence-electron chi connectivity index (χ3n) is 8.55. The number of nitro benzene ring substituents is 1. The Morgan fingerprint density at radius 2 is 1.07 bits per heavy atom. The van der Waals surface area contributed by atoms with Crippen LogP contribution in [-0.4, -0.2) is 32.5 Å². The number of hydrogen-bond acceptors (Lipinski definition) is 11. The molecule has 0 aliphatic carbocycles. The molecule has 0 aliphatic rings. The highest BCUT2D eigenvalue weighted by Gasteiger charge is 2.16. The van der Waals surface area contributed by atoms with Gasteiger partial charge in [-0.15, -0.1) is 0 Å². The summed E-state index contributed by atoms with van der Waals surface area (Å²) < 4.78 is 5.21. The van der Waals surface area contributed by atoms with Gasteiger partial charge in [-0.3, -0.25) is 10.1 Å². The lowest BCUT2D eigenvalue weighted by molar-refractivity contribution is -0.384. The summed E-state index contributed by atoms with van der Waals surface area (Å²) in [4.78, 5) is 14.5. The Hall–Kier alpha value is -5.08. The molecule has 2 atom stereocenters. The monoisotopic (exact) mass is 845 g/mol. The second kappa shape index (κ2) is 20.4. The van der Waals surface area contributed by atoms with E-state index in [9.17, 15) is 30.5 Å². The number of methoxy groups -OCH3 is 1. The number of halogens is 2. The number of rotatable bonds is 14. The fraction of sp³-hybridized carbons (Fsp3) is 0.163. The van der Waals surface area contributed by atoms with Crippen molar-refractivity contribution in [1.82, 2.24) is 0 Å². The van der Waals surface area contributed by atoms with Gasteiger partial charge in [-0.05, 0) is 97.8 Å². The van der Waals surface area contributed by atoms with Crippen LogP contribution >= 0.6 is 46.7 Å². The molecule has 0 aliphatic heterocycles. The van der Waals surface area contributed by atoms with Crippen LogP contribution in [0.3, 0.4) is 0 Å². The molecule has 0 bridgehead atoms. The molecular weight excluding hydrogens is 806 g/mol. The summed E-state index contributed by atoms with van der Waals surface area (Å²) in [5.41, 5.74) is 3.80. The number of aliphatic hydroxyl groups is 2. The van der Waals surface area contributed by atoms with E-state index in [0.29, 0.717) is 45.6 Å². The van der Waals surface area contributed by atoms with Gasteiger partial charge >= 0.3 is 0 Å². The first-order valence-corrected chi connectivity index (χ1v) is 20.0. The molecule has 0 radical (unpaired) electrons. The van der Waals surface area contributed by atoms with Crippen LogP contribution in [-0.2, 0) is 13.1 Å². The van der Waals surface area contributed by atoms with Gasteiger partial charge in [-0.1, -0.05) is 83.1 Å². The number of anilines is 2. The fourth-order valence-corrected chi connectivity index (χ4v) is 7.90. The summed E-state index contributed by atoms with van der Waals surface area (Å²) in [5, 5.41) is 58.5. The van der Waals surface area contributed by atoms with E-state index in [2.05, 4.69) is 16.7 Å². The third kappa shape index (κ3) is 12.0. The SMILES string of the molecule is CC(O)c1cc(Cl)cc(NCc2ccccc2Sc2ccc([N+](=O)[O-])cc2)c1O.COc1ccc(Sc2ccccc2CNc2cc(Cl)cc(C(C)O)c2O)cc1. The molecule has 0 saturated heterocycles. The Bertz CT molecular complexity index is 2290. The Morgan fingerprint density at radius 1 is 0.667 bits per heavy atom. The van der Waals surface area contributed by atoms with Crippen molar-refractivity contribution in [3.05, 3.63) is 164 Å². The normalized spacial score (nSPS) is 11.8. The zero-order valence-corrected chi connectivity index (χ0v) is 34.3. The highest BCUT2D eigenvalue weighted by molar-refractivity contribution is 7.99. The number of benzene rings is 6. The van der Waals surface area contributed by atoms with E-state index in [1.165, 1.54) is 30.0 Å². The van der Waals surface area contributed by atoms with Crippen molar-refractivity contribution in [2.24, 2.45) is 0 Å². The Balaban J connectivity index is 0.000000218. The van der Waals surface area contributed by atoms with Crippen LogP contribution < -0.4 is 15.4 Å². The molecule has 10 nitrogen and oxygen atoms in total. The van der Waals surface area contributed by atoms with Crippen molar-refractivity contribution in [2.75, 3.05) is 17.7 Å². The quantitative estimate of drug-likeness (QED) is 0.0352. The van der Waals surface area contributed by atoms with Gasteiger partial charge < -0.3 is 35.8 Å². The van der Waals surface area contributed by atoms with Crippen molar-refractivity contribution in [2.45, 2.75) is 58.7 Å². The number of phenolic OH excluding ortho intramolecular Hbond substituents is 2. The molecule has 2 unspecified atom stereocenters. The highest BCUT2D eigenvalue weighted by Crippen LogP contribution is 2.38. The van der Waals surface area contributed by atoms with E-state index in [-0.39, 0.29) is 17.2 Å².